The van der Waals surface area contributed by atoms with Crippen LogP contribution in [-0.2, 0) is 10.2 Å². The minimum absolute atomic E-state index is 0.0108. The number of nitrogens with zero attached hydrogens (tertiary/aromatic N) is 1. The maximum absolute atomic E-state index is 13.3. The first-order chi connectivity index (χ1) is 13.1. The van der Waals surface area contributed by atoms with Crippen molar-refractivity contribution in [1.29, 1.82) is 5.26 Å². The van der Waals surface area contributed by atoms with Gasteiger partial charge in [0, 0.05) is 5.69 Å². The first kappa shape index (κ1) is 19.0. The zero-order valence-electron chi connectivity index (χ0n) is 16.0. The van der Waals surface area contributed by atoms with E-state index in [1.54, 1.807) is 12.1 Å². The third-order valence-corrected chi connectivity index (χ3v) is 5.28. The molecule has 0 unspecified atom stereocenters. The number of carbonyl (C=O) groups excluding carboxylic acids is 1. The lowest BCUT2D eigenvalue weighted by atomic mass is 9.77. The van der Waals surface area contributed by atoms with E-state index in [1.165, 1.54) is 0 Å². The van der Waals surface area contributed by atoms with Crippen LogP contribution in [0, 0.1) is 18.3 Å². The molecule has 0 heterocycles. The first-order valence-corrected chi connectivity index (χ1v) is 9.64. The van der Waals surface area contributed by atoms with Gasteiger partial charge in [-0.1, -0.05) is 49.6 Å². The van der Waals surface area contributed by atoms with Gasteiger partial charge >= 0.3 is 0 Å². The molecule has 4 heteroatoms. The van der Waals surface area contributed by atoms with Crippen LogP contribution in [0.4, 0.5) is 5.69 Å². The molecule has 0 bridgehead atoms. The second-order valence-corrected chi connectivity index (χ2v) is 7.28. The van der Waals surface area contributed by atoms with E-state index in [0.29, 0.717) is 23.6 Å². The Morgan fingerprint density at radius 3 is 2.67 bits per heavy atom. The van der Waals surface area contributed by atoms with Gasteiger partial charge in [-0.25, -0.2) is 0 Å². The number of nitrogens with one attached hydrogen (secondary N) is 1. The molecular formula is C23H26N2O2. The molecule has 1 aliphatic carbocycles. The normalized spacial score (nSPS) is 15.1. The summed E-state index contributed by atoms with van der Waals surface area (Å²) < 4.78 is 5.60. The molecule has 140 valence electrons. The van der Waals surface area contributed by atoms with Crippen LogP contribution in [0.3, 0.4) is 0 Å². The van der Waals surface area contributed by atoms with Gasteiger partial charge in [0.05, 0.1) is 17.6 Å². The molecule has 2 aromatic carbocycles. The molecule has 0 aliphatic heterocycles. The van der Waals surface area contributed by atoms with E-state index in [1.807, 2.05) is 19.1 Å². The predicted octanol–water partition coefficient (Wildman–Crippen LogP) is 5.11. The van der Waals surface area contributed by atoms with E-state index in [2.05, 4.69) is 36.5 Å². The zero-order valence-corrected chi connectivity index (χ0v) is 16.0. The van der Waals surface area contributed by atoms with Gasteiger partial charge in [-0.2, -0.15) is 5.26 Å². The minimum atomic E-state index is -0.490. The second-order valence-electron chi connectivity index (χ2n) is 7.28. The minimum Gasteiger partial charge on any atom is -0.492 e. The van der Waals surface area contributed by atoms with Crippen LogP contribution >= 0.6 is 0 Å². The van der Waals surface area contributed by atoms with Gasteiger partial charge in [-0.3, -0.25) is 4.79 Å². The SMILES string of the molecule is CCCOc1ccc(NC(=O)C2(c3cccc(C)c3)CCCC2)cc1C#N. The molecule has 1 amide bonds. The summed E-state index contributed by atoms with van der Waals surface area (Å²) >= 11 is 0. The summed E-state index contributed by atoms with van der Waals surface area (Å²) in [6, 6.07) is 15.7. The van der Waals surface area contributed by atoms with E-state index < -0.39 is 5.41 Å². The molecule has 1 aliphatic rings. The molecule has 27 heavy (non-hydrogen) atoms. The molecule has 0 saturated heterocycles. The number of ether oxygens (including phenoxy) is 1. The highest BCUT2D eigenvalue weighted by Gasteiger charge is 2.42. The molecule has 3 rings (SSSR count). The largest absolute Gasteiger partial charge is 0.492 e. The van der Waals surface area contributed by atoms with Gasteiger partial charge < -0.3 is 10.1 Å². The fourth-order valence-electron chi connectivity index (χ4n) is 3.85. The molecule has 0 atom stereocenters. The summed E-state index contributed by atoms with van der Waals surface area (Å²) in [6.45, 7) is 4.64. The Kier molecular flexibility index (Phi) is 5.81. The Hall–Kier alpha value is -2.80. The van der Waals surface area contributed by atoms with Gasteiger partial charge in [-0.15, -0.1) is 0 Å². The highest BCUT2D eigenvalue weighted by atomic mass is 16.5. The summed E-state index contributed by atoms with van der Waals surface area (Å²) in [5.74, 6) is 0.573. The van der Waals surface area contributed by atoms with Crippen LogP contribution in [0.5, 0.6) is 5.75 Å². The number of nitriles is 1. The Balaban J connectivity index is 1.86. The van der Waals surface area contributed by atoms with Crippen LogP contribution in [0.1, 0.15) is 55.7 Å². The Labute approximate surface area is 161 Å². The molecular weight excluding hydrogens is 336 g/mol. The summed E-state index contributed by atoms with van der Waals surface area (Å²) in [7, 11) is 0. The van der Waals surface area contributed by atoms with Crippen molar-refractivity contribution in [2.24, 2.45) is 0 Å². The monoisotopic (exact) mass is 362 g/mol. The van der Waals surface area contributed by atoms with Crippen molar-refractivity contribution >= 4 is 11.6 Å². The fraction of sp³-hybridized carbons (Fsp3) is 0.391. The van der Waals surface area contributed by atoms with E-state index in [-0.39, 0.29) is 5.91 Å². The van der Waals surface area contributed by atoms with Crippen molar-refractivity contribution < 1.29 is 9.53 Å². The van der Waals surface area contributed by atoms with Crippen LogP contribution < -0.4 is 10.1 Å². The van der Waals surface area contributed by atoms with E-state index in [9.17, 15) is 10.1 Å². The van der Waals surface area contributed by atoms with Crippen LogP contribution in [0.2, 0.25) is 0 Å². The summed E-state index contributed by atoms with van der Waals surface area (Å²) in [6.07, 6.45) is 4.68. The highest BCUT2D eigenvalue weighted by molar-refractivity contribution is 5.99. The zero-order chi connectivity index (χ0) is 19.3. The number of anilines is 1. The summed E-state index contributed by atoms with van der Waals surface area (Å²) in [5, 5.41) is 12.5. The molecule has 0 radical (unpaired) electrons. The van der Waals surface area contributed by atoms with Gasteiger partial charge in [-0.05, 0) is 49.9 Å². The van der Waals surface area contributed by atoms with E-state index >= 15 is 0 Å². The van der Waals surface area contributed by atoms with Crippen molar-refractivity contribution in [2.75, 3.05) is 11.9 Å². The standard InChI is InChI=1S/C23H26N2O2/c1-3-13-27-21-10-9-20(15-18(21)16-24)25-22(26)23(11-4-5-12-23)19-8-6-7-17(2)14-19/h6-10,14-15H,3-5,11-13H2,1-2H3,(H,25,26). The number of hydrogen-bond acceptors (Lipinski definition) is 3. The van der Waals surface area contributed by atoms with Gasteiger partial charge in [0.15, 0.2) is 0 Å². The third kappa shape index (κ3) is 3.98. The molecule has 1 saturated carbocycles. The van der Waals surface area contributed by atoms with Crippen molar-refractivity contribution in [2.45, 2.75) is 51.4 Å². The van der Waals surface area contributed by atoms with Crippen molar-refractivity contribution in [1.82, 2.24) is 0 Å². The summed E-state index contributed by atoms with van der Waals surface area (Å²) in [4.78, 5) is 13.3. The number of amides is 1. The second kappa shape index (κ2) is 8.26. The smallest absolute Gasteiger partial charge is 0.235 e. The predicted molar refractivity (Wildman–Crippen MR) is 107 cm³/mol. The average molecular weight is 362 g/mol. The highest BCUT2D eigenvalue weighted by Crippen LogP contribution is 2.42. The lowest BCUT2D eigenvalue weighted by Gasteiger charge is -2.28. The van der Waals surface area contributed by atoms with E-state index in [0.717, 1.165) is 43.2 Å². The molecule has 1 N–H and O–H groups in total. The van der Waals surface area contributed by atoms with Crippen molar-refractivity contribution in [3.05, 3.63) is 59.2 Å². The molecule has 4 nitrogen and oxygen atoms in total. The van der Waals surface area contributed by atoms with Crippen molar-refractivity contribution in [3.63, 3.8) is 0 Å². The lowest BCUT2D eigenvalue weighted by molar-refractivity contribution is -0.121. The maximum Gasteiger partial charge on any atom is 0.235 e. The summed E-state index contributed by atoms with van der Waals surface area (Å²) in [5.41, 5.74) is 2.84. The quantitative estimate of drug-likeness (QED) is 0.777. The molecule has 0 aromatic heterocycles. The molecule has 2 aromatic rings. The number of aryl methyl sites for hydroxylation is 1. The van der Waals surface area contributed by atoms with Crippen molar-refractivity contribution in [3.8, 4) is 11.8 Å². The number of rotatable bonds is 6. The molecule has 1 fully saturated rings. The fourth-order valence-corrected chi connectivity index (χ4v) is 3.85. The third-order valence-electron chi connectivity index (χ3n) is 5.28. The van der Waals surface area contributed by atoms with E-state index in [4.69, 9.17) is 4.74 Å². The Bertz CT molecular complexity index is 861. The first-order valence-electron chi connectivity index (χ1n) is 9.64. The Morgan fingerprint density at radius 2 is 2.00 bits per heavy atom. The lowest BCUT2D eigenvalue weighted by Crippen LogP contribution is -2.38. The van der Waals surface area contributed by atoms with Gasteiger partial charge in [0.2, 0.25) is 5.91 Å². The Morgan fingerprint density at radius 1 is 1.22 bits per heavy atom. The van der Waals surface area contributed by atoms with Gasteiger partial charge in [0.25, 0.3) is 0 Å². The molecule has 0 spiro atoms. The van der Waals surface area contributed by atoms with Crippen LogP contribution in [0.25, 0.3) is 0 Å². The maximum atomic E-state index is 13.3. The number of benzene rings is 2. The topological polar surface area (TPSA) is 62.1 Å². The number of hydrogen-bond donors (Lipinski definition) is 1. The van der Waals surface area contributed by atoms with Crippen LogP contribution in [0.15, 0.2) is 42.5 Å². The average Bonchev–Trinajstić information content (AvgIpc) is 3.18. The number of carbonyl (C=O) groups is 1. The van der Waals surface area contributed by atoms with Gasteiger partial charge in [0.1, 0.15) is 11.8 Å². The van der Waals surface area contributed by atoms with Crippen LogP contribution in [-0.4, -0.2) is 12.5 Å².